The maximum atomic E-state index is 12.5. The van der Waals surface area contributed by atoms with Crippen molar-refractivity contribution in [3.05, 3.63) is 93.4 Å². The van der Waals surface area contributed by atoms with Crippen molar-refractivity contribution in [2.45, 2.75) is 25.9 Å². The van der Waals surface area contributed by atoms with Crippen LogP contribution in [0.4, 0.5) is 5.69 Å². The second kappa shape index (κ2) is 9.02. The average Bonchev–Trinajstić information content (AvgIpc) is 2.78. The minimum Gasteiger partial charge on any atom is -0.366 e. The van der Waals surface area contributed by atoms with E-state index < -0.39 is 0 Å². The molecule has 156 valence electrons. The summed E-state index contributed by atoms with van der Waals surface area (Å²) in [4.78, 5) is 17.2. The maximum Gasteiger partial charge on any atom is 0.287 e. The molecule has 6 heteroatoms. The summed E-state index contributed by atoms with van der Waals surface area (Å²) in [6.07, 6.45) is 1.73. The number of anilines is 1. The summed E-state index contributed by atoms with van der Waals surface area (Å²) in [5, 5.41) is 4.59. The highest BCUT2D eigenvalue weighted by Gasteiger charge is 2.28. The van der Waals surface area contributed by atoms with Crippen molar-refractivity contribution in [2.24, 2.45) is 0 Å². The van der Waals surface area contributed by atoms with Crippen LogP contribution in [-0.2, 0) is 0 Å². The van der Waals surface area contributed by atoms with Gasteiger partial charge in [-0.15, -0.1) is 0 Å². The van der Waals surface area contributed by atoms with Gasteiger partial charge in [-0.2, -0.15) is 5.10 Å². The van der Waals surface area contributed by atoms with Crippen LogP contribution in [0.1, 0.15) is 37.1 Å². The Morgan fingerprint density at radius 3 is 1.90 bits per heavy atom. The quantitative estimate of drug-likeness (QED) is 0.611. The third-order valence-corrected chi connectivity index (χ3v) is 6.02. The van der Waals surface area contributed by atoms with E-state index in [1.165, 1.54) is 15.8 Å². The van der Waals surface area contributed by atoms with Crippen LogP contribution >= 0.6 is 11.6 Å². The first-order chi connectivity index (χ1) is 14.6. The molecule has 0 N–H and O–H groups in total. The Morgan fingerprint density at radius 2 is 1.40 bits per heavy atom. The number of benzene rings is 2. The van der Waals surface area contributed by atoms with E-state index in [9.17, 15) is 4.79 Å². The van der Waals surface area contributed by atoms with E-state index in [1.54, 1.807) is 6.20 Å². The molecule has 0 amide bonds. The van der Waals surface area contributed by atoms with Gasteiger partial charge in [-0.1, -0.05) is 72.3 Å². The van der Waals surface area contributed by atoms with Gasteiger partial charge in [0, 0.05) is 26.2 Å². The number of halogens is 1. The molecule has 30 heavy (non-hydrogen) atoms. The average molecular weight is 423 g/mol. The van der Waals surface area contributed by atoms with Gasteiger partial charge in [0.1, 0.15) is 5.02 Å². The molecule has 0 radical (unpaired) electrons. The van der Waals surface area contributed by atoms with Gasteiger partial charge >= 0.3 is 0 Å². The van der Waals surface area contributed by atoms with Crippen molar-refractivity contribution in [3.8, 4) is 0 Å². The third kappa shape index (κ3) is 4.13. The normalized spacial score (nSPS) is 15.2. The minimum atomic E-state index is -0.224. The van der Waals surface area contributed by atoms with Crippen molar-refractivity contribution in [3.63, 3.8) is 0 Å². The van der Waals surface area contributed by atoms with Gasteiger partial charge in [-0.25, -0.2) is 4.68 Å². The number of rotatable bonds is 5. The molecule has 0 aliphatic carbocycles. The van der Waals surface area contributed by atoms with Gasteiger partial charge in [0.05, 0.1) is 24.0 Å². The molecule has 0 spiro atoms. The molecule has 1 aliphatic heterocycles. The van der Waals surface area contributed by atoms with Gasteiger partial charge in [0.25, 0.3) is 5.56 Å². The summed E-state index contributed by atoms with van der Waals surface area (Å²) < 4.78 is 1.43. The summed E-state index contributed by atoms with van der Waals surface area (Å²) in [6.45, 7) is 7.19. The molecular formula is C24H27ClN4O. The Labute approximate surface area is 182 Å². The molecule has 1 aliphatic rings. The van der Waals surface area contributed by atoms with Crippen molar-refractivity contribution in [1.82, 2.24) is 14.7 Å². The molecule has 0 unspecified atom stereocenters. The Balaban J connectivity index is 1.56. The van der Waals surface area contributed by atoms with Crippen LogP contribution in [-0.4, -0.2) is 40.9 Å². The molecule has 5 nitrogen and oxygen atoms in total. The monoisotopic (exact) mass is 422 g/mol. The smallest absolute Gasteiger partial charge is 0.287 e. The molecule has 2 aromatic carbocycles. The number of aromatic nitrogens is 2. The lowest BCUT2D eigenvalue weighted by Gasteiger charge is -2.40. The Hall–Kier alpha value is -2.63. The van der Waals surface area contributed by atoms with E-state index in [0.29, 0.717) is 0 Å². The first kappa shape index (κ1) is 20.6. The van der Waals surface area contributed by atoms with Crippen molar-refractivity contribution < 1.29 is 0 Å². The van der Waals surface area contributed by atoms with Gasteiger partial charge in [0.2, 0.25) is 0 Å². The Kier molecular flexibility index (Phi) is 6.21. The van der Waals surface area contributed by atoms with E-state index in [1.807, 2.05) is 13.8 Å². The molecule has 4 rings (SSSR count). The van der Waals surface area contributed by atoms with Crippen LogP contribution in [0.15, 0.2) is 71.7 Å². The van der Waals surface area contributed by atoms with Crippen LogP contribution in [0.2, 0.25) is 5.02 Å². The standard InChI is InChI=1S/C24H27ClN4O/c1-18(2)29-24(30)22(25)21(17-26-29)27-13-15-28(16-14-27)23(19-9-5-3-6-10-19)20-11-7-4-8-12-20/h3-12,17-18,23H,13-16H2,1-2H3. The molecular weight excluding hydrogens is 396 g/mol. The fraction of sp³-hybridized carbons (Fsp3) is 0.333. The van der Waals surface area contributed by atoms with E-state index in [4.69, 9.17) is 11.6 Å². The summed E-state index contributed by atoms with van der Waals surface area (Å²) in [5.74, 6) is 0. The summed E-state index contributed by atoms with van der Waals surface area (Å²) in [7, 11) is 0. The zero-order valence-electron chi connectivity index (χ0n) is 17.4. The van der Waals surface area contributed by atoms with Crippen molar-refractivity contribution >= 4 is 17.3 Å². The Bertz CT molecular complexity index is 989. The van der Waals surface area contributed by atoms with Gasteiger partial charge in [-0.3, -0.25) is 9.69 Å². The fourth-order valence-corrected chi connectivity index (χ4v) is 4.39. The molecule has 0 bridgehead atoms. The molecule has 1 aromatic heterocycles. The summed E-state index contributed by atoms with van der Waals surface area (Å²) in [5.41, 5.74) is 3.08. The van der Waals surface area contributed by atoms with E-state index in [-0.39, 0.29) is 22.7 Å². The van der Waals surface area contributed by atoms with Crippen LogP contribution < -0.4 is 10.5 Å². The zero-order chi connectivity index (χ0) is 21.1. The zero-order valence-corrected chi connectivity index (χ0v) is 18.2. The second-order valence-electron chi connectivity index (χ2n) is 7.93. The number of nitrogens with zero attached hydrogens (tertiary/aromatic N) is 4. The highest BCUT2D eigenvalue weighted by atomic mass is 35.5. The predicted molar refractivity (Wildman–Crippen MR) is 122 cm³/mol. The molecule has 3 aromatic rings. The van der Waals surface area contributed by atoms with Crippen LogP contribution in [0.3, 0.4) is 0 Å². The second-order valence-corrected chi connectivity index (χ2v) is 8.31. The first-order valence-corrected chi connectivity index (χ1v) is 10.8. The molecule has 0 saturated carbocycles. The number of piperazine rings is 1. The largest absolute Gasteiger partial charge is 0.366 e. The van der Waals surface area contributed by atoms with Gasteiger partial charge in [0.15, 0.2) is 0 Å². The van der Waals surface area contributed by atoms with E-state index >= 15 is 0 Å². The maximum absolute atomic E-state index is 12.5. The van der Waals surface area contributed by atoms with Crippen LogP contribution in [0.5, 0.6) is 0 Å². The first-order valence-electron chi connectivity index (χ1n) is 10.4. The molecule has 1 fully saturated rings. The number of hydrogen-bond donors (Lipinski definition) is 0. The van der Waals surface area contributed by atoms with Gasteiger partial charge < -0.3 is 4.90 Å². The molecule has 2 heterocycles. The molecule has 0 atom stereocenters. The SMILES string of the molecule is CC(C)n1ncc(N2CCN(C(c3ccccc3)c3ccccc3)CC2)c(Cl)c1=O. The predicted octanol–water partition coefficient (Wildman–Crippen LogP) is 4.39. The number of hydrogen-bond acceptors (Lipinski definition) is 4. The topological polar surface area (TPSA) is 41.4 Å². The van der Waals surface area contributed by atoms with Crippen molar-refractivity contribution in [1.29, 1.82) is 0 Å². The van der Waals surface area contributed by atoms with Gasteiger partial charge in [-0.05, 0) is 25.0 Å². The lowest BCUT2D eigenvalue weighted by molar-refractivity contribution is 0.212. The molecule has 1 saturated heterocycles. The highest BCUT2D eigenvalue weighted by Crippen LogP contribution is 2.31. The third-order valence-electron chi connectivity index (χ3n) is 5.67. The van der Waals surface area contributed by atoms with Crippen LogP contribution in [0.25, 0.3) is 0 Å². The lowest BCUT2D eigenvalue weighted by atomic mass is 9.96. The van der Waals surface area contributed by atoms with Crippen molar-refractivity contribution in [2.75, 3.05) is 31.1 Å². The van der Waals surface area contributed by atoms with Crippen LogP contribution in [0, 0.1) is 0 Å². The summed E-state index contributed by atoms with van der Waals surface area (Å²) in [6, 6.07) is 21.4. The summed E-state index contributed by atoms with van der Waals surface area (Å²) >= 11 is 6.44. The highest BCUT2D eigenvalue weighted by molar-refractivity contribution is 6.33. The Morgan fingerprint density at radius 1 is 0.867 bits per heavy atom. The minimum absolute atomic E-state index is 0.0154. The lowest BCUT2D eigenvalue weighted by Crippen LogP contribution is -2.48. The van der Waals surface area contributed by atoms with E-state index in [0.717, 1.165) is 31.9 Å². The van der Waals surface area contributed by atoms with E-state index in [2.05, 4.69) is 75.6 Å². The fourth-order valence-electron chi connectivity index (χ4n) is 4.13.